The molecular formula is C7H4Br2F2OS. The van der Waals surface area contributed by atoms with Gasteiger partial charge in [0.25, 0.3) is 0 Å². The second kappa shape index (κ2) is 4.61. The molecule has 0 amide bonds. The summed E-state index contributed by atoms with van der Waals surface area (Å²) in [5.41, 5.74) is 0. The van der Waals surface area contributed by atoms with Crippen LogP contribution in [0.15, 0.2) is 26.0 Å². The lowest BCUT2D eigenvalue weighted by molar-refractivity contribution is -0.0521. The maximum atomic E-state index is 11.9. The maximum absolute atomic E-state index is 11.9. The van der Waals surface area contributed by atoms with E-state index in [0.717, 1.165) is 4.47 Å². The zero-order valence-electron chi connectivity index (χ0n) is 6.10. The molecule has 0 atom stereocenters. The molecule has 1 rings (SSSR count). The van der Waals surface area contributed by atoms with E-state index in [2.05, 4.69) is 49.2 Å². The number of hydrogen-bond donors (Lipinski definition) is 1. The molecule has 6 heteroatoms. The van der Waals surface area contributed by atoms with Crippen molar-refractivity contribution in [3.05, 3.63) is 21.1 Å². The third-order valence-electron chi connectivity index (χ3n) is 1.20. The van der Waals surface area contributed by atoms with Gasteiger partial charge in [0, 0.05) is 9.37 Å². The molecule has 13 heavy (non-hydrogen) atoms. The van der Waals surface area contributed by atoms with Crippen LogP contribution in [0.4, 0.5) is 8.78 Å². The fourth-order valence-electron chi connectivity index (χ4n) is 0.753. The monoisotopic (exact) mass is 332 g/mol. The minimum Gasteiger partial charge on any atom is -0.432 e. The third-order valence-corrected chi connectivity index (χ3v) is 2.57. The molecule has 0 radical (unpaired) electrons. The van der Waals surface area contributed by atoms with Crippen molar-refractivity contribution in [1.29, 1.82) is 0 Å². The summed E-state index contributed by atoms with van der Waals surface area (Å²) in [6, 6.07) is 3.18. The van der Waals surface area contributed by atoms with Crippen molar-refractivity contribution >= 4 is 44.5 Å². The summed E-state index contributed by atoms with van der Waals surface area (Å²) in [6.45, 7) is -2.84. The Morgan fingerprint density at radius 2 is 1.92 bits per heavy atom. The standard InChI is InChI=1S/C7H4Br2F2OS/c8-3-1-4(9)6(5(13)2-3)12-7(10)11/h1-2,7,13H. The first-order valence-corrected chi connectivity index (χ1v) is 5.17. The Morgan fingerprint density at radius 1 is 1.31 bits per heavy atom. The Hall–Kier alpha value is 0.190. The molecule has 1 aromatic rings. The van der Waals surface area contributed by atoms with E-state index in [0.29, 0.717) is 9.37 Å². The lowest BCUT2D eigenvalue weighted by Gasteiger charge is -2.09. The average Bonchev–Trinajstić information content (AvgIpc) is 1.96. The second-order valence-electron chi connectivity index (χ2n) is 2.11. The van der Waals surface area contributed by atoms with E-state index in [1.165, 1.54) is 0 Å². The summed E-state index contributed by atoms with van der Waals surface area (Å²) in [5, 5.41) is 0. The first kappa shape index (κ1) is 11.3. The van der Waals surface area contributed by atoms with Crippen LogP contribution in [0.25, 0.3) is 0 Å². The molecule has 0 saturated heterocycles. The minimum atomic E-state index is -2.84. The zero-order valence-corrected chi connectivity index (χ0v) is 10.2. The van der Waals surface area contributed by atoms with Crippen molar-refractivity contribution < 1.29 is 13.5 Å². The Kier molecular flexibility index (Phi) is 4.00. The molecule has 0 bridgehead atoms. The highest BCUT2D eigenvalue weighted by molar-refractivity contribution is 9.11. The van der Waals surface area contributed by atoms with Crippen molar-refractivity contribution in [3.8, 4) is 5.75 Å². The van der Waals surface area contributed by atoms with E-state index in [9.17, 15) is 8.78 Å². The number of benzene rings is 1. The summed E-state index contributed by atoms with van der Waals surface area (Å²) in [7, 11) is 0. The number of ether oxygens (including phenoxy) is 1. The van der Waals surface area contributed by atoms with Gasteiger partial charge in [0.1, 0.15) is 0 Å². The molecule has 0 aromatic heterocycles. The van der Waals surface area contributed by atoms with E-state index in [1.54, 1.807) is 12.1 Å². The maximum Gasteiger partial charge on any atom is 0.387 e. The molecule has 1 nitrogen and oxygen atoms in total. The van der Waals surface area contributed by atoms with Crippen LogP contribution in [0.2, 0.25) is 0 Å². The fourth-order valence-corrected chi connectivity index (χ4v) is 2.71. The van der Waals surface area contributed by atoms with Crippen molar-refractivity contribution in [2.45, 2.75) is 11.5 Å². The van der Waals surface area contributed by atoms with Crippen molar-refractivity contribution in [2.75, 3.05) is 0 Å². The largest absolute Gasteiger partial charge is 0.432 e. The van der Waals surface area contributed by atoms with Crippen LogP contribution >= 0.6 is 44.5 Å². The van der Waals surface area contributed by atoms with Crippen LogP contribution in [-0.2, 0) is 0 Å². The van der Waals surface area contributed by atoms with Gasteiger partial charge in [-0.2, -0.15) is 8.78 Å². The highest BCUT2D eigenvalue weighted by Gasteiger charge is 2.12. The van der Waals surface area contributed by atoms with E-state index < -0.39 is 6.61 Å². The van der Waals surface area contributed by atoms with E-state index >= 15 is 0 Å². The topological polar surface area (TPSA) is 9.23 Å². The normalized spacial score (nSPS) is 10.6. The molecule has 0 heterocycles. The summed E-state index contributed by atoms with van der Waals surface area (Å²) in [4.78, 5) is 0.349. The number of rotatable bonds is 2. The third kappa shape index (κ3) is 3.11. The van der Waals surface area contributed by atoms with Crippen LogP contribution in [0.3, 0.4) is 0 Å². The molecule has 0 N–H and O–H groups in total. The van der Waals surface area contributed by atoms with Crippen LogP contribution in [0.1, 0.15) is 0 Å². The van der Waals surface area contributed by atoms with Gasteiger partial charge in [0.2, 0.25) is 0 Å². The van der Waals surface area contributed by atoms with E-state index in [4.69, 9.17) is 0 Å². The predicted octanol–water partition coefficient (Wildman–Crippen LogP) is 4.10. The van der Waals surface area contributed by atoms with Crippen molar-refractivity contribution in [3.63, 3.8) is 0 Å². The number of halogens is 4. The van der Waals surface area contributed by atoms with Gasteiger partial charge in [0.15, 0.2) is 5.75 Å². The number of alkyl halides is 2. The van der Waals surface area contributed by atoms with Crippen LogP contribution in [0.5, 0.6) is 5.75 Å². The van der Waals surface area contributed by atoms with Gasteiger partial charge >= 0.3 is 6.61 Å². The van der Waals surface area contributed by atoms with Crippen molar-refractivity contribution in [2.24, 2.45) is 0 Å². The highest BCUT2D eigenvalue weighted by Crippen LogP contribution is 2.35. The average molecular weight is 334 g/mol. The first-order valence-electron chi connectivity index (χ1n) is 3.13. The van der Waals surface area contributed by atoms with Gasteiger partial charge in [-0.25, -0.2) is 0 Å². The summed E-state index contributed by atoms with van der Waals surface area (Å²) < 4.78 is 29.2. The van der Waals surface area contributed by atoms with Crippen molar-refractivity contribution in [1.82, 2.24) is 0 Å². The van der Waals surface area contributed by atoms with Crippen LogP contribution in [-0.4, -0.2) is 6.61 Å². The van der Waals surface area contributed by atoms with Gasteiger partial charge in [-0.1, -0.05) is 15.9 Å². The second-order valence-corrected chi connectivity index (χ2v) is 4.37. The van der Waals surface area contributed by atoms with Gasteiger partial charge < -0.3 is 4.74 Å². The lowest BCUT2D eigenvalue weighted by atomic mass is 10.3. The molecule has 0 unspecified atom stereocenters. The minimum absolute atomic E-state index is 0.0431. The lowest BCUT2D eigenvalue weighted by Crippen LogP contribution is -2.03. The molecule has 0 aliphatic rings. The fraction of sp³-hybridized carbons (Fsp3) is 0.143. The van der Waals surface area contributed by atoms with Gasteiger partial charge in [-0.15, -0.1) is 12.6 Å². The molecule has 0 aliphatic heterocycles. The molecule has 0 spiro atoms. The Bertz CT molecular complexity index is 296. The molecule has 1 aromatic carbocycles. The number of hydrogen-bond acceptors (Lipinski definition) is 2. The van der Waals surface area contributed by atoms with E-state index in [-0.39, 0.29) is 5.75 Å². The van der Waals surface area contributed by atoms with Gasteiger partial charge in [-0.05, 0) is 28.1 Å². The summed E-state index contributed by atoms with van der Waals surface area (Å²) >= 11 is 10.3. The summed E-state index contributed by atoms with van der Waals surface area (Å²) in [6.07, 6.45) is 0. The molecular weight excluding hydrogens is 330 g/mol. The molecule has 72 valence electrons. The first-order chi connectivity index (χ1) is 6.00. The Balaban J connectivity index is 3.06. The smallest absolute Gasteiger partial charge is 0.387 e. The van der Waals surface area contributed by atoms with Crippen LogP contribution in [0, 0.1) is 0 Å². The SMILES string of the molecule is FC(F)Oc1c(S)cc(Br)cc1Br. The van der Waals surface area contributed by atoms with E-state index in [1.807, 2.05) is 0 Å². The van der Waals surface area contributed by atoms with Gasteiger partial charge in [-0.3, -0.25) is 0 Å². The summed E-state index contributed by atoms with van der Waals surface area (Å²) in [5.74, 6) is 0.0431. The Morgan fingerprint density at radius 3 is 2.38 bits per heavy atom. The quantitative estimate of drug-likeness (QED) is 0.802. The number of thiol groups is 1. The molecule has 0 aliphatic carbocycles. The molecule has 0 fully saturated rings. The molecule has 0 saturated carbocycles. The highest BCUT2D eigenvalue weighted by atomic mass is 79.9. The zero-order chi connectivity index (χ0) is 10.0. The van der Waals surface area contributed by atoms with Crippen LogP contribution < -0.4 is 4.74 Å². The predicted molar refractivity (Wildman–Crippen MR) is 55.7 cm³/mol. The van der Waals surface area contributed by atoms with Gasteiger partial charge in [0.05, 0.1) is 4.47 Å². The Labute approximate surface area is 96.1 Å².